The van der Waals surface area contributed by atoms with E-state index in [1.807, 2.05) is 0 Å². The lowest BCUT2D eigenvalue weighted by molar-refractivity contribution is -0.384. The number of hydrogen-bond acceptors (Lipinski definition) is 7. The van der Waals surface area contributed by atoms with Crippen LogP contribution in [0.4, 0.5) is 11.5 Å². The van der Waals surface area contributed by atoms with E-state index >= 15 is 0 Å². The van der Waals surface area contributed by atoms with E-state index in [0.29, 0.717) is 11.3 Å². The Labute approximate surface area is 160 Å². The second kappa shape index (κ2) is 7.22. The molecule has 1 aromatic heterocycles. The minimum Gasteiger partial charge on any atom is -0.462 e. The monoisotopic (exact) mass is 385 g/mol. The molecule has 146 valence electrons. The third-order valence-electron chi connectivity index (χ3n) is 4.38. The van der Waals surface area contributed by atoms with Crippen molar-refractivity contribution in [3.05, 3.63) is 52.0 Å². The molecule has 10 nitrogen and oxygen atoms in total. The van der Waals surface area contributed by atoms with Crippen LogP contribution in [-0.2, 0) is 9.53 Å². The Kier molecular flexibility index (Phi) is 4.95. The summed E-state index contributed by atoms with van der Waals surface area (Å²) in [4.78, 5) is 43.6. The molecule has 0 saturated heterocycles. The Morgan fingerprint density at radius 1 is 1.36 bits per heavy atom. The number of imidazole rings is 1. The summed E-state index contributed by atoms with van der Waals surface area (Å²) in [5, 5.41) is 11.2. The van der Waals surface area contributed by atoms with Crippen molar-refractivity contribution >= 4 is 29.1 Å². The Balaban J connectivity index is 2.20. The van der Waals surface area contributed by atoms with Crippen molar-refractivity contribution in [1.29, 1.82) is 0 Å². The first kappa shape index (κ1) is 19.2. The summed E-state index contributed by atoms with van der Waals surface area (Å²) < 4.78 is 6.91. The highest BCUT2D eigenvalue weighted by molar-refractivity contribution is 6.05. The van der Waals surface area contributed by atoms with Crippen molar-refractivity contribution in [3.63, 3.8) is 0 Å². The first-order valence-electron chi connectivity index (χ1n) is 8.57. The van der Waals surface area contributed by atoms with Crippen LogP contribution in [0, 0.1) is 16.0 Å². The number of carbonyl (C=O) groups is 2. The number of amides is 1. The standard InChI is InChI=1S/C18H19N5O5/c1-9(2)28-18(25)13-10(3)21-17-14(16(19)24)20-8-22(17)15(13)11-5-4-6-12(7-11)23(26)27/h4-9,13,15H,1-3H3,(H2,19,24). The van der Waals surface area contributed by atoms with Gasteiger partial charge in [-0.05, 0) is 26.3 Å². The van der Waals surface area contributed by atoms with Gasteiger partial charge in [0.25, 0.3) is 11.6 Å². The number of fused-ring (bicyclic) bond motifs is 1. The predicted molar refractivity (Wildman–Crippen MR) is 99.5 cm³/mol. The molecule has 2 atom stereocenters. The van der Waals surface area contributed by atoms with Crippen LogP contribution < -0.4 is 5.73 Å². The van der Waals surface area contributed by atoms with Gasteiger partial charge in [-0.3, -0.25) is 19.7 Å². The van der Waals surface area contributed by atoms with Gasteiger partial charge in [-0.25, -0.2) is 9.98 Å². The average Bonchev–Trinajstić information content (AvgIpc) is 3.03. The van der Waals surface area contributed by atoms with E-state index < -0.39 is 28.8 Å². The van der Waals surface area contributed by atoms with E-state index in [4.69, 9.17) is 10.5 Å². The molecule has 2 aromatic rings. The zero-order valence-corrected chi connectivity index (χ0v) is 15.5. The smallest absolute Gasteiger partial charge is 0.317 e. The molecule has 1 aliphatic rings. The number of aromatic nitrogens is 2. The number of esters is 1. The first-order valence-corrected chi connectivity index (χ1v) is 8.57. The molecule has 1 aliphatic heterocycles. The molecule has 0 fully saturated rings. The lowest BCUT2D eigenvalue weighted by atomic mass is 9.87. The lowest BCUT2D eigenvalue weighted by Crippen LogP contribution is -2.37. The number of rotatable bonds is 5. The molecule has 0 aliphatic carbocycles. The number of non-ortho nitro benzene ring substituents is 1. The Bertz CT molecular complexity index is 994. The van der Waals surface area contributed by atoms with Crippen LogP contribution in [-0.4, -0.2) is 38.2 Å². The maximum Gasteiger partial charge on any atom is 0.317 e. The Hall–Kier alpha value is -3.56. The molecule has 28 heavy (non-hydrogen) atoms. The maximum absolute atomic E-state index is 12.8. The number of nitrogens with zero attached hydrogens (tertiary/aromatic N) is 4. The third-order valence-corrected chi connectivity index (χ3v) is 4.38. The third kappa shape index (κ3) is 3.36. The van der Waals surface area contributed by atoms with Gasteiger partial charge in [0.2, 0.25) is 0 Å². The SMILES string of the molecule is CC1=Nc2c(C(N)=O)ncn2C(c2cccc([N+](=O)[O-])c2)C1C(=O)OC(C)C. The van der Waals surface area contributed by atoms with Crippen LogP contribution in [0.15, 0.2) is 35.6 Å². The van der Waals surface area contributed by atoms with Crippen molar-refractivity contribution < 1.29 is 19.2 Å². The van der Waals surface area contributed by atoms with E-state index in [2.05, 4.69) is 9.98 Å². The van der Waals surface area contributed by atoms with E-state index in [1.54, 1.807) is 26.8 Å². The fourth-order valence-electron chi connectivity index (χ4n) is 3.25. The van der Waals surface area contributed by atoms with Gasteiger partial charge in [0, 0.05) is 17.8 Å². The molecule has 10 heteroatoms. The number of primary amides is 1. The molecular weight excluding hydrogens is 366 g/mol. The number of carbonyl (C=O) groups excluding carboxylic acids is 2. The zero-order chi connectivity index (χ0) is 20.6. The topological polar surface area (TPSA) is 143 Å². The summed E-state index contributed by atoms with van der Waals surface area (Å²) in [6.07, 6.45) is 1.00. The second-order valence-corrected chi connectivity index (χ2v) is 6.70. The Morgan fingerprint density at radius 2 is 2.07 bits per heavy atom. The van der Waals surface area contributed by atoms with Crippen molar-refractivity contribution in [2.75, 3.05) is 0 Å². The Morgan fingerprint density at radius 3 is 2.68 bits per heavy atom. The summed E-state index contributed by atoms with van der Waals surface area (Å²) in [7, 11) is 0. The van der Waals surface area contributed by atoms with Crippen molar-refractivity contribution in [2.45, 2.75) is 32.9 Å². The molecule has 1 aromatic carbocycles. The molecule has 2 unspecified atom stereocenters. The van der Waals surface area contributed by atoms with Crippen molar-refractivity contribution in [2.24, 2.45) is 16.6 Å². The number of hydrogen-bond donors (Lipinski definition) is 1. The van der Waals surface area contributed by atoms with Gasteiger partial charge in [-0.2, -0.15) is 0 Å². The molecule has 0 bridgehead atoms. The largest absolute Gasteiger partial charge is 0.462 e. The fraction of sp³-hybridized carbons (Fsp3) is 0.333. The number of nitrogens with two attached hydrogens (primary N) is 1. The van der Waals surface area contributed by atoms with Gasteiger partial charge in [-0.15, -0.1) is 0 Å². The van der Waals surface area contributed by atoms with Gasteiger partial charge in [0.05, 0.1) is 23.4 Å². The fourth-order valence-corrected chi connectivity index (χ4v) is 3.25. The van der Waals surface area contributed by atoms with Gasteiger partial charge < -0.3 is 15.0 Å². The van der Waals surface area contributed by atoms with E-state index in [9.17, 15) is 19.7 Å². The van der Waals surface area contributed by atoms with Crippen LogP contribution in [0.25, 0.3) is 0 Å². The van der Waals surface area contributed by atoms with Crippen LogP contribution >= 0.6 is 0 Å². The number of aliphatic imine (C=N–C) groups is 1. The van der Waals surface area contributed by atoms with E-state index in [0.717, 1.165) is 0 Å². The van der Waals surface area contributed by atoms with E-state index in [-0.39, 0.29) is 23.3 Å². The van der Waals surface area contributed by atoms with Crippen molar-refractivity contribution in [3.8, 4) is 0 Å². The number of nitro groups is 1. The minimum absolute atomic E-state index is 0.0366. The lowest BCUT2D eigenvalue weighted by Gasteiger charge is -2.31. The molecule has 0 saturated carbocycles. The van der Waals surface area contributed by atoms with Gasteiger partial charge in [-0.1, -0.05) is 12.1 Å². The van der Waals surface area contributed by atoms with Crippen LogP contribution in [0.2, 0.25) is 0 Å². The van der Waals surface area contributed by atoms with Crippen molar-refractivity contribution in [1.82, 2.24) is 9.55 Å². The maximum atomic E-state index is 12.8. The van der Waals surface area contributed by atoms with Gasteiger partial charge in [0.15, 0.2) is 11.5 Å². The molecule has 2 N–H and O–H groups in total. The zero-order valence-electron chi connectivity index (χ0n) is 15.5. The quantitative estimate of drug-likeness (QED) is 0.474. The van der Waals surface area contributed by atoms with E-state index in [1.165, 1.54) is 29.1 Å². The number of ether oxygens (including phenoxy) is 1. The highest BCUT2D eigenvalue weighted by Crippen LogP contribution is 2.39. The normalized spacial score (nSPS) is 18.4. The molecule has 3 rings (SSSR count). The number of nitro benzene ring substituents is 1. The summed E-state index contributed by atoms with van der Waals surface area (Å²) in [5.74, 6) is -1.92. The molecular formula is C18H19N5O5. The van der Waals surface area contributed by atoms with Crippen LogP contribution in [0.3, 0.4) is 0 Å². The number of benzene rings is 1. The molecule has 1 amide bonds. The van der Waals surface area contributed by atoms with Crippen LogP contribution in [0.1, 0.15) is 42.9 Å². The minimum atomic E-state index is -0.841. The summed E-state index contributed by atoms with van der Waals surface area (Å²) in [5.41, 5.74) is 6.10. The molecule has 0 radical (unpaired) electrons. The summed E-state index contributed by atoms with van der Waals surface area (Å²) >= 11 is 0. The first-order chi connectivity index (χ1) is 13.2. The predicted octanol–water partition coefficient (Wildman–Crippen LogP) is 2.15. The van der Waals surface area contributed by atoms with Crippen LogP contribution in [0.5, 0.6) is 0 Å². The second-order valence-electron chi connectivity index (χ2n) is 6.70. The summed E-state index contributed by atoms with van der Waals surface area (Å²) in [6, 6.07) is 5.22. The highest BCUT2D eigenvalue weighted by Gasteiger charge is 2.40. The van der Waals surface area contributed by atoms with Gasteiger partial charge >= 0.3 is 5.97 Å². The molecule has 2 heterocycles. The highest BCUT2D eigenvalue weighted by atomic mass is 16.6. The summed E-state index contributed by atoms with van der Waals surface area (Å²) in [6.45, 7) is 5.09. The average molecular weight is 385 g/mol. The van der Waals surface area contributed by atoms with Gasteiger partial charge in [0.1, 0.15) is 5.92 Å². The molecule has 0 spiro atoms.